The van der Waals surface area contributed by atoms with E-state index in [-0.39, 0.29) is 5.88 Å². The SMILES string of the molecule is O=C(CCl)N(O)c1ccccc1. The molecule has 1 aromatic rings. The molecule has 0 aliphatic rings. The summed E-state index contributed by atoms with van der Waals surface area (Å²) < 4.78 is 0. The molecule has 0 unspecified atom stereocenters. The highest BCUT2D eigenvalue weighted by molar-refractivity contribution is 6.29. The smallest absolute Gasteiger partial charge is 0.265 e. The van der Waals surface area contributed by atoms with E-state index in [4.69, 9.17) is 11.6 Å². The van der Waals surface area contributed by atoms with Gasteiger partial charge in [0.25, 0.3) is 5.91 Å². The molecule has 1 rings (SSSR count). The monoisotopic (exact) mass is 185 g/mol. The summed E-state index contributed by atoms with van der Waals surface area (Å²) in [6.07, 6.45) is 0. The molecule has 1 N–H and O–H groups in total. The maximum absolute atomic E-state index is 10.9. The van der Waals surface area contributed by atoms with Gasteiger partial charge in [-0.1, -0.05) is 18.2 Å². The fourth-order valence-corrected chi connectivity index (χ4v) is 0.883. The molecule has 0 saturated heterocycles. The van der Waals surface area contributed by atoms with Crippen molar-refractivity contribution in [2.45, 2.75) is 0 Å². The topological polar surface area (TPSA) is 40.5 Å². The molecule has 1 aromatic carbocycles. The molecule has 3 nitrogen and oxygen atoms in total. The highest BCUT2D eigenvalue weighted by Crippen LogP contribution is 2.10. The number of rotatable bonds is 2. The van der Waals surface area contributed by atoms with E-state index in [1.807, 2.05) is 0 Å². The lowest BCUT2D eigenvalue weighted by molar-refractivity contribution is -0.121. The van der Waals surface area contributed by atoms with E-state index in [9.17, 15) is 10.0 Å². The van der Waals surface area contributed by atoms with Crippen LogP contribution in [0.5, 0.6) is 0 Å². The zero-order valence-corrected chi connectivity index (χ0v) is 7.03. The maximum Gasteiger partial charge on any atom is 0.265 e. The van der Waals surface area contributed by atoms with Crippen molar-refractivity contribution in [2.24, 2.45) is 0 Å². The van der Waals surface area contributed by atoms with Gasteiger partial charge in [0, 0.05) is 0 Å². The quantitative estimate of drug-likeness (QED) is 0.432. The molecular formula is C8H8ClNO2. The number of benzene rings is 1. The first kappa shape index (κ1) is 9.03. The highest BCUT2D eigenvalue weighted by Gasteiger charge is 2.09. The van der Waals surface area contributed by atoms with Crippen molar-refractivity contribution in [3.63, 3.8) is 0 Å². The van der Waals surface area contributed by atoms with Crippen molar-refractivity contribution in [3.05, 3.63) is 30.3 Å². The number of halogens is 1. The summed E-state index contributed by atoms with van der Waals surface area (Å²) in [5.74, 6) is -0.770. The molecule has 0 saturated carbocycles. The third-order valence-electron chi connectivity index (χ3n) is 1.35. The Hall–Kier alpha value is -1.06. The van der Waals surface area contributed by atoms with E-state index in [2.05, 4.69) is 0 Å². The Kier molecular flexibility index (Phi) is 3.08. The predicted octanol–water partition coefficient (Wildman–Crippen LogP) is 1.65. The Morgan fingerprint density at radius 3 is 2.50 bits per heavy atom. The number of amides is 1. The molecule has 0 spiro atoms. The van der Waals surface area contributed by atoms with Crippen LogP contribution in [0, 0.1) is 0 Å². The lowest BCUT2D eigenvalue weighted by Gasteiger charge is -2.12. The Morgan fingerprint density at radius 2 is 2.00 bits per heavy atom. The van der Waals surface area contributed by atoms with Gasteiger partial charge in [0.15, 0.2) is 0 Å². The minimum Gasteiger partial charge on any atom is -0.281 e. The average Bonchev–Trinajstić information content (AvgIpc) is 2.17. The normalized spacial score (nSPS) is 9.50. The average molecular weight is 186 g/mol. The predicted molar refractivity (Wildman–Crippen MR) is 46.4 cm³/mol. The minimum absolute atomic E-state index is 0.231. The van der Waals surface area contributed by atoms with Gasteiger partial charge in [0.1, 0.15) is 5.88 Å². The van der Waals surface area contributed by atoms with Crippen molar-refractivity contribution < 1.29 is 10.0 Å². The lowest BCUT2D eigenvalue weighted by Crippen LogP contribution is -2.27. The molecule has 1 amide bonds. The van der Waals surface area contributed by atoms with Crippen molar-refractivity contribution in [2.75, 3.05) is 10.9 Å². The van der Waals surface area contributed by atoms with Crippen LogP contribution in [0.2, 0.25) is 0 Å². The van der Waals surface area contributed by atoms with Gasteiger partial charge < -0.3 is 0 Å². The van der Waals surface area contributed by atoms with E-state index < -0.39 is 5.91 Å². The standard InChI is InChI=1S/C8H8ClNO2/c9-6-8(11)10(12)7-4-2-1-3-5-7/h1-5,12H,6H2. The van der Waals surface area contributed by atoms with Crippen LogP contribution in [0.4, 0.5) is 5.69 Å². The van der Waals surface area contributed by atoms with Gasteiger partial charge >= 0.3 is 0 Å². The number of carbonyl (C=O) groups excluding carboxylic acids is 1. The summed E-state index contributed by atoms with van der Waals surface area (Å²) in [6.45, 7) is 0. The highest BCUT2D eigenvalue weighted by atomic mass is 35.5. The van der Waals surface area contributed by atoms with Crippen LogP contribution in [-0.4, -0.2) is 17.0 Å². The van der Waals surface area contributed by atoms with Crippen molar-refractivity contribution in [1.29, 1.82) is 0 Å². The van der Waals surface area contributed by atoms with Gasteiger partial charge in [-0.3, -0.25) is 10.0 Å². The number of para-hydroxylation sites is 1. The van der Waals surface area contributed by atoms with Gasteiger partial charge in [-0.2, -0.15) is 5.06 Å². The van der Waals surface area contributed by atoms with Gasteiger partial charge in [-0.05, 0) is 12.1 Å². The van der Waals surface area contributed by atoms with Gasteiger partial charge in [-0.15, -0.1) is 11.6 Å². The maximum atomic E-state index is 10.9. The number of carbonyl (C=O) groups is 1. The van der Waals surface area contributed by atoms with E-state index in [1.54, 1.807) is 30.3 Å². The second-order valence-electron chi connectivity index (χ2n) is 2.17. The first-order chi connectivity index (χ1) is 5.75. The van der Waals surface area contributed by atoms with Crippen LogP contribution >= 0.6 is 11.6 Å². The molecule has 0 aromatic heterocycles. The molecule has 0 atom stereocenters. The van der Waals surface area contributed by atoms with Crippen LogP contribution in [-0.2, 0) is 4.79 Å². The summed E-state index contributed by atoms with van der Waals surface area (Å²) in [5.41, 5.74) is 0.420. The third-order valence-corrected chi connectivity index (χ3v) is 1.58. The molecule has 64 valence electrons. The van der Waals surface area contributed by atoms with Crippen LogP contribution < -0.4 is 5.06 Å². The van der Waals surface area contributed by atoms with Gasteiger partial charge in [0.05, 0.1) is 5.69 Å². The number of hydroxylamine groups is 1. The summed E-state index contributed by atoms with van der Waals surface area (Å²) >= 11 is 5.25. The third kappa shape index (κ3) is 1.96. The van der Waals surface area contributed by atoms with Crippen LogP contribution in [0.25, 0.3) is 0 Å². The zero-order valence-electron chi connectivity index (χ0n) is 6.27. The molecule has 0 radical (unpaired) electrons. The Bertz CT molecular complexity index is 263. The summed E-state index contributed by atoms with van der Waals surface area (Å²) in [7, 11) is 0. The first-order valence-electron chi connectivity index (χ1n) is 3.38. The number of hydrogen-bond acceptors (Lipinski definition) is 2. The largest absolute Gasteiger partial charge is 0.281 e. The van der Waals surface area contributed by atoms with E-state index in [0.717, 1.165) is 0 Å². The number of hydrogen-bond donors (Lipinski definition) is 1. The summed E-state index contributed by atoms with van der Waals surface area (Å²) in [6, 6.07) is 8.47. The second-order valence-corrected chi connectivity index (χ2v) is 2.44. The molecular weight excluding hydrogens is 178 g/mol. The van der Waals surface area contributed by atoms with E-state index in [1.165, 1.54) is 0 Å². The van der Waals surface area contributed by atoms with E-state index in [0.29, 0.717) is 10.8 Å². The number of nitrogens with zero attached hydrogens (tertiary/aromatic N) is 1. The molecule has 12 heavy (non-hydrogen) atoms. The molecule has 0 fully saturated rings. The summed E-state index contributed by atoms with van der Waals surface area (Å²) in [4.78, 5) is 10.9. The number of alkyl halides is 1. The molecule has 0 aliphatic carbocycles. The fraction of sp³-hybridized carbons (Fsp3) is 0.125. The Morgan fingerprint density at radius 1 is 1.42 bits per heavy atom. The van der Waals surface area contributed by atoms with Crippen molar-refractivity contribution >= 4 is 23.2 Å². The number of anilines is 1. The van der Waals surface area contributed by atoms with Gasteiger partial charge in [-0.25, -0.2) is 0 Å². The van der Waals surface area contributed by atoms with Crippen LogP contribution in [0.3, 0.4) is 0 Å². The molecule has 4 heteroatoms. The second kappa shape index (κ2) is 4.09. The lowest BCUT2D eigenvalue weighted by atomic mass is 10.3. The Labute approximate surface area is 75.1 Å². The van der Waals surface area contributed by atoms with Crippen molar-refractivity contribution in [3.8, 4) is 0 Å². The van der Waals surface area contributed by atoms with Gasteiger partial charge in [0.2, 0.25) is 0 Å². The molecule has 0 heterocycles. The molecule has 0 bridgehead atoms. The fourth-order valence-electron chi connectivity index (χ4n) is 0.770. The minimum atomic E-state index is -0.539. The zero-order chi connectivity index (χ0) is 8.97. The van der Waals surface area contributed by atoms with E-state index >= 15 is 0 Å². The van der Waals surface area contributed by atoms with Crippen LogP contribution in [0.1, 0.15) is 0 Å². The first-order valence-corrected chi connectivity index (χ1v) is 3.92. The summed E-state index contributed by atoms with van der Waals surface area (Å²) in [5, 5.41) is 9.72. The molecule has 0 aliphatic heterocycles. The van der Waals surface area contributed by atoms with Crippen molar-refractivity contribution in [1.82, 2.24) is 0 Å². The van der Waals surface area contributed by atoms with Crippen LogP contribution in [0.15, 0.2) is 30.3 Å². The Balaban J connectivity index is 2.78.